The van der Waals surface area contributed by atoms with Crippen LogP contribution in [0, 0.1) is 0 Å². The topological polar surface area (TPSA) is 83.7 Å². The third-order valence-electron chi connectivity index (χ3n) is 4.61. The van der Waals surface area contributed by atoms with Gasteiger partial charge in [-0.15, -0.1) is 11.3 Å². The van der Waals surface area contributed by atoms with Gasteiger partial charge in [0.15, 0.2) is 0 Å². The largest absolute Gasteiger partial charge is 0.418 e. The van der Waals surface area contributed by atoms with E-state index in [-0.39, 0.29) is 35.1 Å². The number of primary amides is 1. The van der Waals surface area contributed by atoms with Crippen molar-refractivity contribution >= 4 is 48.9 Å². The smallest absolute Gasteiger partial charge is 0.368 e. The van der Waals surface area contributed by atoms with Gasteiger partial charge in [0.25, 0.3) is 10.0 Å². The summed E-state index contributed by atoms with van der Waals surface area (Å²) in [4.78, 5) is 12.8. The second-order valence-electron chi connectivity index (χ2n) is 6.56. The van der Waals surface area contributed by atoms with Crippen molar-refractivity contribution < 1.29 is 26.4 Å². The molecule has 12 heteroatoms. The standard InChI is InChI=1S/C17H17BrF3N3O3S2/c1-10-9-23(6-7-24(10)29(26,27)15-5-4-14(18)28-15)13-3-2-11(16(22)25)8-12(13)17(19,20)21/h2-5,8,10H,6-7,9H2,1H3,(H2,22,25)/t10-/m1/s1. The van der Waals surface area contributed by atoms with Crippen LogP contribution in [0.5, 0.6) is 0 Å². The summed E-state index contributed by atoms with van der Waals surface area (Å²) >= 11 is 4.31. The van der Waals surface area contributed by atoms with Gasteiger partial charge in [-0.05, 0) is 53.2 Å². The zero-order chi connectivity index (χ0) is 21.6. The van der Waals surface area contributed by atoms with Gasteiger partial charge in [-0.3, -0.25) is 4.79 Å². The van der Waals surface area contributed by atoms with Crippen LogP contribution in [0.2, 0.25) is 0 Å². The van der Waals surface area contributed by atoms with Crippen LogP contribution >= 0.6 is 27.3 Å². The molecule has 0 unspecified atom stereocenters. The molecule has 2 N–H and O–H groups in total. The Bertz CT molecular complexity index is 1040. The summed E-state index contributed by atoms with van der Waals surface area (Å²) < 4.78 is 68.5. The molecule has 2 aromatic rings. The number of halogens is 4. The molecule has 0 saturated carbocycles. The summed E-state index contributed by atoms with van der Waals surface area (Å²) in [7, 11) is -3.74. The lowest BCUT2D eigenvalue weighted by molar-refractivity contribution is -0.137. The number of anilines is 1. The number of carbonyl (C=O) groups excluding carboxylic acids is 1. The van der Waals surface area contributed by atoms with Gasteiger partial charge in [-0.25, -0.2) is 8.42 Å². The molecule has 0 radical (unpaired) electrons. The molecule has 6 nitrogen and oxygen atoms in total. The molecule has 29 heavy (non-hydrogen) atoms. The van der Waals surface area contributed by atoms with Crippen molar-refractivity contribution in [2.75, 3.05) is 24.5 Å². The highest BCUT2D eigenvalue weighted by molar-refractivity contribution is 9.11. The molecule has 1 aliphatic rings. The molecule has 0 aliphatic carbocycles. The molecule has 1 aromatic carbocycles. The van der Waals surface area contributed by atoms with E-state index in [2.05, 4.69) is 15.9 Å². The van der Waals surface area contributed by atoms with E-state index >= 15 is 0 Å². The quantitative estimate of drug-likeness (QED) is 0.680. The van der Waals surface area contributed by atoms with Gasteiger partial charge in [0, 0.05) is 36.9 Å². The number of alkyl halides is 3. The highest BCUT2D eigenvalue weighted by Gasteiger charge is 2.39. The van der Waals surface area contributed by atoms with Gasteiger partial charge >= 0.3 is 6.18 Å². The molecule has 1 fully saturated rings. The fraction of sp³-hybridized carbons (Fsp3) is 0.353. The number of hydrogen-bond acceptors (Lipinski definition) is 5. The number of thiophene rings is 1. The SMILES string of the molecule is C[C@@H]1CN(c2ccc(C(N)=O)cc2C(F)(F)F)CCN1S(=O)(=O)c1ccc(Br)s1. The Morgan fingerprint density at radius 1 is 1.24 bits per heavy atom. The summed E-state index contributed by atoms with van der Waals surface area (Å²) in [6.45, 7) is 1.84. The maximum Gasteiger partial charge on any atom is 0.418 e. The van der Waals surface area contributed by atoms with E-state index in [1.54, 1.807) is 13.0 Å². The second kappa shape index (κ2) is 7.89. The van der Waals surface area contributed by atoms with Gasteiger partial charge in [0.1, 0.15) is 4.21 Å². The van der Waals surface area contributed by atoms with Crippen molar-refractivity contribution in [1.82, 2.24) is 4.31 Å². The van der Waals surface area contributed by atoms with E-state index in [1.807, 2.05) is 0 Å². The van der Waals surface area contributed by atoms with Crippen LogP contribution in [0.3, 0.4) is 0 Å². The molecule has 1 atom stereocenters. The van der Waals surface area contributed by atoms with E-state index in [9.17, 15) is 26.4 Å². The van der Waals surface area contributed by atoms with Crippen molar-refractivity contribution in [3.8, 4) is 0 Å². The molecule has 1 amide bonds. The minimum absolute atomic E-state index is 0.0356. The van der Waals surface area contributed by atoms with Crippen LogP contribution < -0.4 is 10.6 Å². The third-order valence-corrected chi connectivity index (χ3v) is 8.71. The van der Waals surface area contributed by atoms with Crippen LogP contribution in [0.4, 0.5) is 18.9 Å². The number of carbonyl (C=O) groups is 1. The number of sulfonamides is 1. The second-order valence-corrected chi connectivity index (χ2v) is 11.1. The van der Waals surface area contributed by atoms with Gasteiger partial charge < -0.3 is 10.6 Å². The lowest BCUT2D eigenvalue weighted by atomic mass is 10.1. The molecule has 1 aromatic heterocycles. The number of hydrogen-bond donors (Lipinski definition) is 1. The van der Waals surface area contributed by atoms with Gasteiger partial charge in [0.2, 0.25) is 5.91 Å². The fourth-order valence-corrected chi connectivity index (χ4v) is 7.01. The lowest BCUT2D eigenvalue weighted by Gasteiger charge is -2.40. The summed E-state index contributed by atoms with van der Waals surface area (Å²) in [5, 5.41) is 0. The highest BCUT2D eigenvalue weighted by atomic mass is 79.9. The van der Waals surface area contributed by atoms with Gasteiger partial charge in [0.05, 0.1) is 9.35 Å². The number of nitrogens with zero attached hydrogens (tertiary/aromatic N) is 2. The van der Waals surface area contributed by atoms with Gasteiger partial charge in [-0.2, -0.15) is 17.5 Å². The number of nitrogens with two attached hydrogens (primary N) is 1. The first-order valence-corrected chi connectivity index (χ1v) is 11.5. The van der Waals surface area contributed by atoms with Crippen LogP contribution in [0.1, 0.15) is 22.8 Å². The molecule has 0 bridgehead atoms. The van der Waals surface area contributed by atoms with E-state index < -0.39 is 33.7 Å². The number of rotatable bonds is 4. The zero-order valence-corrected chi connectivity index (χ0v) is 18.3. The Morgan fingerprint density at radius 2 is 1.93 bits per heavy atom. The van der Waals surface area contributed by atoms with E-state index in [1.165, 1.54) is 27.4 Å². The van der Waals surface area contributed by atoms with E-state index in [0.29, 0.717) is 3.79 Å². The third kappa shape index (κ3) is 4.44. The number of benzene rings is 1. The molecule has 1 saturated heterocycles. The minimum Gasteiger partial charge on any atom is -0.368 e. The Hall–Kier alpha value is -1.63. The highest BCUT2D eigenvalue weighted by Crippen LogP contribution is 2.38. The van der Waals surface area contributed by atoms with E-state index in [0.717, 1.165) is 17.4 Å². The average molecular weight is 512 g/mol. The Balaban J connectivity index is 1.89. The molecule has 3 rings (SSSR count). The number of piperazine rings is 1. The molecular weight excluding hydrogens is 495 g/mol. The first kappa shape index (κ1) is 22.1. The molecule has 2 heterocycles. The Labute approximate surface area is 178 Å². The van der Waals surface area contributed by atoms with Crippen molar-refractivity contribution in [3.05, 3.63) is 45.2 Å². The average Bonchev–Trinajstić information content (AvgIpc) is 3.07. The van der Waals surface area contributed by atoms with Crippen LogP contribution in [0.15, 0.2) is 38.3 Å². The van der Waals surface area contributed by atoms with Crippen molar-refractivity contribution in [2.45, 2.75) is 23.4 Å². The van der Waals surface area contributed by atoms with Crippen molar-refractivity contribution in [3.63, 3.8) is 0 Å². The molecule has 1 aliphatic heterocycles. The van der Waals surface area contributed by atoms with Crippen LogP contribution in [0.25, 0.3) is 0 Å². The molecule has 0 spiro atoms. The predicted molar refractivity (Wildman–Crippen MR) is 108 cm³/mol. The Kier molecular flexibility index (Phi) is 6.01. The predicted octanol–water partition coefficient (Wildman–Crippen LogP) is 3.53. The van der Waals surface area contributed by atoms with Crippen LogP contribution in [-0.2, 0) is 16.2 Å². The fourth-order valence-electron chi connectivity index (χ4n) is 3.26. The molecule has 158 valence electrons. The first-order valence-electron chi connectivity index (χ1n) is 8.44. The maximum atomic E-state index is 13.5. The van der Waals surface area contributed by atoms with E-state index in [4.69, 9.17) is 5.73 Å². The first-order chi connectivity index (χ1) is 13.4. The van der Waals surface area contributed by atoms with Crippen molar-refractivity contribution in [1.29, 1.82) is 0 Å². The minimum atomic E-state index is -4.68. The zero-order valence-electron chi connectivity index (χ0n) is 15.1. The normalized spacial score (nSPS) is 18.8. The summed E-state index contributed by atoms with van der Waals surface area (Å²) in [6.07, 6.45) is -4.68. The summed E-state index contributed by atoms with van der Waals surface area (Å²) in [5.41, 5.74) is 3.79. The maximum absolute atomic E-state index is 13.5. The lowest BCUT2D eigenvalue weighted by Crippen LogP contribution is -2.54. The Morgan fingerprint density at radius 3 is 2.45 bits per heavy atom. The van der Waals surface area contributed by atoms with Crippen molar-refractivity contribution in [2.24, 2.45) is 5.73 Å². The number of amides is 1. The van der Waals surface area contributed by atoms with Crippen LogP contribution in [-0.4, -0.2) is 44.3 Å². The molecular formula is C17H17BrF3N3O3S2. The summed E-state index contributed by atoms with van der Waals surface area (Å²) in [5.74, 6) is -0.951. The summed E-state index contributed by atoms with van der Waals surface area (Å²) in [6, 6.07) is 5.75. The van der Waals surface area contributed by atoms with Gasteiger partial charge in [-0.1, -0.05) is 0 Å². The monoisotopic (exact) mass is 511 g/mol.